The quantitative estimate of drug-likeness (QED) is 0.548. The lowest BCUT2D eigenvalue weighted by Gasteiger charge is -2.32. The Morgan fingerprint density at radius 3 is 2.63 bits per heavy atom. The molecule has 7 heteroatoms. The highest BCUT2D eigenvalue weighted by Crippen LogP contribution is 2.20. The monoisotopic (exact) mass is 393 g/mol. The molecule has 1 aliphatic rings. The molecule has 0 aliphatic carbocycles. The third kappa shape index (κ3) is 6.40. The first-order valence-electron chi connectivity index (χ1n) is 9.00. The molecule has 2 rings (SSSR count). The van der Waals surface area contributed by atoms with Crippen molar-refractivity contribution in [1.82, 2.24) is 4.90 Å². The number of hydrogen-bond acceptors (Lipinski definition) is 5. The van der Waals surface area contributed by atoms with Crippen LogP contribution in [0.2, 0.25) is 5.02 Å². The molecule has 0 aromatic heterocycles. The van der Waals surface area contributed by atoms with E-state index in [0.717, 1.165) is 5.56 Å². The van der Waals surface area contributed by atoms with Gasteiger partial charge in [0.1, 0.15) is 0 Å². The minimum Gasteiger partial charge on any atom is -0.466 e. The van der Waals surface area contributed by atoms with Gasteiger partial charge in [0.2, 0.25) is 0 Å². The maximum absolute atomic E-state index is 12.4. The Balaban J connectivity index is 1.81. The highest BCUT2D eigenvalue weighted by Gasteiger charge is 2.31. The number of esters is 2. The summed E-state index contributed by atoms with van der Waals surface area (Å²) >= 11 is 5.89. The van der Waals surface area contributed by atoms with E-state index in [1.54, 1.807) is 49.1 Å². The van der Waals surface area contributed by atoms with Gasteiger partial charge in [-0.3, -0.25) is 9.59 Å². The van der Waals surface area contributed by atoms with Crippen LogP contribution in [-0.4, -0.2) is 48.5 Å². The summed E-state index contributed by atoms with van der Waals surface area (Å²) in [7, 11) is 0. The Morgan fingerprint density at radius 2 is 2.00 bits per heavy atom. The molecule has 1 amide bonds. The summed E-state index contributed by atoms with van der Waals surface area (Å²) in [5.74, 6) is -1.25. The van der Waals surface area contributed by atoms with Crippen molar-refractivity contribution in [3.05, 3.63) is 40.9 Å². The second kappa shape index (κ2) is 10.1. The van der Waals surface area contributed by atoms with Crippen LogP contribution < -0.4 is 0 Å². The Bertz CT molecular complexity index is 710. The molecule has 0 bridgehead atoms. The van der Waals surface area contributed by atoms with E-state index in [9.17, 15) is 14.4 Å². The predicted octanol–water partition coefficient (Wildman–Crippen LogP) is 3.09. The zero-order valence-corrected chi connectivity index (χ0v) is 16.3. The number of halogens is 1. The molecule has 0 radical (unpaired) electrons. The van der Waals surface area contributed by atoms with Crippen LogP contribution in [-0.2, 0) is 23.9 Å². The van der Waals surface area contributed by atoms with Crippen molar-refractivity contribution in [2.24, 2.45) is 5.92 Å². The molecule has 1 fully saturated rings. The van der Waals surface area contributed by atoms with Crippen LogP contribution in [0.15, 0.2) is 30.3 Å². The van der Waals surface area contributed by atoms with Crippen LogP contribution in [0, 0.1) is 5.92 Å². The predicted molar refractivity (Wildman–Crippen MR) is 102 cm³/mol. The SMILES string of the molecule is CCOC(=O)C1CCN(C(=O)C(C)OC(=O)/C=C/c2cccc(Cl)c2)CC1. The van der Waals surface area contributed by atoms with Crippen LogP contribution in [0.5, 0.6) is 0 Å². The molecule has 1 atom stereocenters. The van der Waals surface area contributed by atoms with Gasteiger partial charge in [-0.1, -0.05) is 23.7 Å². The van der Waals surface area contributed by atoms with E-state index in [-0.39, 0.29) is 17.8 Å². The summed E-state index contributed by atoms with van der Waals surface area (Å²) in [6, 6.07) is 7.04. The maximum atomic E-state index is 12.4. The van der Waals surface area contributed by atoms with Gasteiger partial charge in [0, 0.05) is 24.2 Å². The molecule has 1 saturated heterocycles. The van der Waals surface area contributed by atoms with E-state index in [0.29, 0.717) is 37.6 Å². The van der Waals surface area contributed by atoms with Crippen LogP contribution >= 0.6 is 11.6 Å². The lowest BCUT2D eigenvalue weighted by atomic mass is 9.97. The fourth-order valence-electron chi connectivity index (χ4n) is 2.89. The molecule has 1 aromatic carbocycles. The first kappa shape index (κ1) is 21.0. The number of hydrogen-bond donors (Lipinski definition) is 0. The minimum absolute atomic E-state index is 0.174. The standard InChI is InChI=1S/C20H24ClNO5/c1-3-26-20(25)16-9-11-22(12-10-16)19(24)14(2)27-18(23)8-7-15-5-4-6-17(21)13-15/h4-8,13-14,16H,3,9-12H2,1-2H3/b8-7+. The van der Waals surface area contributed by atoms with Gasteiger partial charge in [0.15, 0.2) is 6.10 Å². The first-order chi connectivity index (χ1) is 12.9. The van der Waals surface area contributed by atoms with Gasteiger partial charge in [0.05, 0.1) is 12.5 Å². The van der Waals surface area contributed by atoms with Gasteiger partial charge in [-0.2, -0.15) is 0 Å². The normalized spacial score (nSPS) is 16.2. The van der Waals surface area contributed by atoms with Crippen LogP contribution in [0.4, 0.5) is 0 Å². The van der Waals surface area contributed by atoms with Crippen molar-refractivity contribution in [2.45, 2.75) is 32.8 Å². The van der Waals surface area contributed by atoms with Crippen molar-refractivity contribution >= 4 is 35.5 Å². The lowest BCUT2D eigenvalue weighted by molar-refractivity contribution is -0.157. The smallest absolute Gasteiger partial charge is 0.331 e. The number of ether oxygens (including phenoxy) is 2. The van der Waals surface area contributed by atoms with Gasteiger partial charge in [-0.25, -0.2) is 4.79 Å². The van der Waals surface area contributed by atoms with Crippen LogP contribution in [0.3, 0.4) is 0 Å². The number of rotatable bonds is 6. The largest absolute Gasteiger partial charge is 0.466 e. The molecule has 27 heavy (non-hydrogen) atoms. The number of nitrogens with zero attached hydrogens (tertiary/aromatic N) is 1. The number of carbonyl (C=O) groups excluding carboxylic acids is 3. The van der Waals surface area contributed by atoms with Gasteiger partial charge in [-0.05, 0) is 50.5 Å². The molecule has 6 nitrogen and oxygen atoms in total. The number of likely N-dealkylation sites (tertiary alicyclic amines) is 1. The number of amides is 1. The van der Waals surface area contributed by atoms with E-state index in [4.69, 9.17) is 21.1 Å². The number of piperidine rings is 1. The summed E-state index contributed by atoms with van der Waals surface area (Å²) in [5.41, 5.74) is 0.763. The summed E-state index contributed by atoms with van der Waals surface area (Å²) in [6.45, 7) is 4.57. The van der Waals surface area contributed by atoms with Crippen molar-refractivity contribution < 1.29 is 23.9 Å². The van der Waals surface area contributed by atoms with Gasteiger partial charge in [0.25, 0.3) is 5.91 Å². The van der Waals surface area contributed by atoms with Gasteiger partial charge >= 0.3 is 11.9 Å². The Labute approximate surface area is 164 Å². The summed E-state index contributed by atoms with van der Waals surface area (Å²) in [4.78, 5) is 37.8. The van der Waals surface area contributed by atoms with Gasteiger partial charge in [-0.15, -0.1) is 0 Å². The molecule has 1 aromatic rings. The van der Waals surface area contributed by atoms with E-state index in [1.807, 2.05) is 0 Å². The molecular weight excluding hydrogens is 370 g/mol. The molecule has 0 N–H and O–H groups in total. The van der Waals surface area contributed by atoms with Crippen LogP contribution in [0.25, 0.3) is 6.08 Å². The van der Waals surface area contributed by atoms with Crippen molar-refractivity contribution in [3.8, 4) is 0 Å². The average Bonchev–Trinajstić information content (AvgIpc) is 2.66. The van der Waals surface area contributed by atoms with Crippen molar-refractivity contribution in [3.63, 3.8) is 0 Å². The molecule has 146 valence electrons. The van der Waals surface area contributed by atoms with Crippen molar-refractivity contribution in [2.75, 3.05) is 19.7 Å². The van der Waals surface area contributed by atoms with E-state index in [1.165, 1.54) is 6.08 Å². The highest BCUT2D eigenvalue weighted by molar-refractivity contribution is 6.30. The third-order valence-corrected chi connectivity index (χ3v) is 4.56. The fourth-order valence-corrected chi connectivity index (χ4v) is 3.09. The Hall–Kier alpha value is -2.34. The molecule has 1 unspecified atom stereocenters. The summed E-state index contributed by atoms with van der Waals surface area (Å²) in [5, 5.41) is 0.570. The summed E-state index contributed by atoms with van der Waals surface area (Å²) < 4.78 is 10.2. The molecule has 1 aliphatic heterocycles. The second-order valence-electron chi connectivity index (χ2n) is 6.32. The Morgan fingerprint density at radius 1 is 1.30 bits per heavy atom. The molecular formula is C20H24ClNO5. The molecule has 1 heterocycles. The van der Waals surface area contributed by atoms with Crippen molar-refractivity contribution in [1.29, 1.82) is 0 Å². The average molecular weight is 394 g/mol. The fraction of sp³-hybridized carbons (Fsp3) is 0.450. The zero-order chi connectivity index (χ0) is 19.8. The minimum atomic E-state index is -0.888. The first-order valence-corrected chi connectivity index (χ1v) is 9.38. The van der Waals surface area contributed by atoms with E-state index < -0.39 is 12.1 Å². The molecule has 0 saturated carbocycles. The summed E-state index contributed by atoms with van der Waals surface area (Å²) in [6.07, 6.45) is 3.07. The highest BCUT2D eigenvalue weighted by atomic mass is 35.5. The Kier molecular flexibility index (Phi) is 7.85. The second-order valence-corrected chi connectivity index (χ2v) is 6.76. The number of carbonyl (C=O) groups is 3. The van der Waals surface area contributed by atoms with Gasteiger partial charge < -0.3 is 14.4 Å². The zero-order valence-electron chi connectivity index (χ0n) is 15.5. The number of benzene rings is 1. The van der Waals surface area contributed by atoms with E-state index in [2.05, 4.69) is 0 Å². The third-order valence-electron chi connectivity index (χ3n) is 4.33. The maximum Gasteiger partial charge on any atom is 0.331 e. The topological polar surface area (TPSA) is 72.9 Å². The lowest BCUT2D eigenvalue weighted by Crippen LogP contribution is -2.45. The molecule has 0 spiro atoms. The van der Waals surface area contributed by atoms with Crippen LogP contribution in [0.1, 0.15) is 32.3 Å². The van der Waals surface area contributed by atoms with E-state index >= 15 is 0 Å².